The first kappa shape index (κ1) is 11.4. The standard InChI is InChI=1S/C12H15ClN2O/c13-15-8-6-10(7-9-15)12(16)14-11-4-2-1-3-5-11/h1-5,10H,6-9H2,(H,14,16). The van der Waals surface area contributed by atoms with Crippen LogP contribution in [0.25, 0.3) is 0 Å². The second-order valence-electron chi connectivity index (χ2n) is 4.04. The zero-order valence-corrected chi connectivity index (χ0v) is 9.78. The highest BCUT2D eigenvalue weighted by Gasteiger charge is 2.23. The molecule has 2 rings (SSSR count). The molecule has 0 saturated carbocycles. The molecular weight excluding hydrogens is 224 g/mol. The van der Waals surface area contributed by atoms with Crippen molar-refractivity contribution < 1.29 is 4.79 Å². The number of hydrogen-bond donors (Lipinski definition) is 1. The number of nitrogens with zero attached hydrogens (tertiary/aromatic N) is 1. The van der Waals surface area contributed by atoms with Gasteiger partial charge in [0.05, 0.1) is 0 Å². The molecule has 86 valence electrons. The number of halogens is 1. The van der Waals surface area contributed by atoms with Gasteiger partial charge in [-0.05, 0) is 36.8 Å². The summed E-state index contributed by atoms with van der Waals surface area (Å²) in [5, 5.41) is 2.93. The summed E-state index contributed by atoms with van der Waals surface area (Å²) >= 11 is 5.85. The van der Waals surface area contributed by atoms with Gasteiger partial charge < -0.3 is 5.32 Å². The molecule has 0 aromatic heterocycles. The number of para-hydroxylation sites is 1. The molecule has 1 aromatic rings. The molecule has 0 radical (unpaired) electrons. The van der Waals surface area contributed by atoms with Crippen molar-refractivity contribution in [1.29, 1.82) is 0 Å². The Morgan fingerprint density at radius 3 is 2.50 bits per heavy atom. The van der Waals surface area contributed by atoms with Crippen molar-refractivity contribution in [3.63, 3.8) is 0 Å². The summed E-state index contributed by atoms with van der Waals surface area (Å²) < 4.78 is 1.74. The van der Waals surface area contributed by atoms with E-state index in [-0.39, 0.29) is 11.8 Å². The van der Waals surface area contributed by atoms with E-state index in [9.17, 15) is 4.79 Å². The molecule has 0 bridgehead atoms. The van der Waals surface area contributed by atoms with Crippen LogP contribution in [-0.2, 0) is 4.79 Å². The minimum absolute atomic E-state index is 0.0928. The summed E-state index contributed by atoms with van der Waals surface area (Å²) in [6, 6.07) is 9.55. The molecule has 4 heteroatoms. The van der Waals surface area contributed by atoms with Crippen LogP contribution in [0.3, 0.4) is 0 Å². The number of anilines is 1. The number of carbonyl (C=O) groups excluding carboxylic acids is 1. The normalized spacial score (nSPS) is 18.3. The summed E-state index contributed by atoms with van der Waals surface area (Å²) in [4.78, 5) is 11.9. The van der Waals surface area contributed by atoms with Crippen molar-refractivity contribution >= 4 is 23.4 Å². The monoisotopic (exact) mass is 238 g/mol. The Labute approximate surface area is 101 Å². The molecule has 1 fully saturated rings. The molecular formula is C12H15ClN2O. The highest BCUT2D eigenvalue weighted by atomic mass is 35.5. The van der Waals surface area contributed by atoms with Gasteiger partial charge >= 0.3 is 0 Å². The minimum atomic E-state index is 0.0928. The van der Waals surface area contributed by atoms with Gasteiger partial charge in [0.15, 0.2) is 0 Å². The van der Waals surface area contributed by atoms with Crippen LogP contribution in [0.1, 0.15) is 12.8 Å². The van der Waals surface area contributed by atoms with Crippen LogP contribution in [0.15, 0.2) is 30.3 Å². The predicted octanol–water partition coefficient (Wildman–Crippen LogP) is 2.49. The Morgan fingerprint density at radius 1 is 1.25 bits per heavy atom. The van der Waals surface area contributed by atoms with Crippen molar-refractivity contribution in [1.82, 2.24) is 4.42 Å². The summed E-state index contributed by atoms with van der Waals surface area (Å²) in [6.45, 7) is 1.57. The summed E-state index contributed by atoms with van der Waals surface area (Å²) in [7, 11) is 0. The zero-order chi connectivity index (χ0) is 11.4. The molecule has 1 N–H and O–H groups in total. The molecule has 1 aromatic carbocycles. The number of rotatable bonds is 2. The van der Waals surface area contributed by atoms with Gasteiger partial charge in [0.25, 0.3) is 0 Å². The fourth-order valence-electron chi connectivity index (χ4n) is 1.88. The molecule has 1 heterocycles. The molecule has 0 atom stereocenters. The van der Waals surface area contributed by atoms with Crippen LogP contribution in [0, 0.1) is 5.92 Å². The average Bonchev–Trinajstić information content (AvgIpc) is 2.31. The van der Waals surface area contributed by atoms with Gasteiger partial charge in [-0.3, -0.25) is 4.79 Å². The molecule has 0 unspecified atom stereocenters. The number of amides is 1. The Morgan fingerprint density at radius 2 is 1.88 bits per heavy atom. The van der Waals surface area contributed by atoms with Crippen molar-refractivity contribution in [2.45, 2.75) is 12.8 Å². The van der Waals surface area contributed by atoms with E-state index in [1.54, 1.807) is 4.42 Å². The lowest BCUT2D eigenvalue weighted by Gasteiger charge is -2.26. The third-order valence-corrected chi connectivity index (χ3v) is 3.19. The lowest BCUT2D eigenvalue weighted by Crippen LogP contribution is -2.33. The molecule has 3 nitrogen and oxygen atoms in total. The van der Waals surface area contributed by atoms with Crippen LogP contribution in [0.4, 0.5) is 5.69 Å². The maximum atomic E-state index is 11.9. The van der Waals surface area contributed by atoms with Crippen LogP contribution in [0.2, 0.25) is 0 Å². The largest absolute Gasteiger partial charge is 0.326 e. The predicted molar refractivity (Wildman–Crippen MR) is 65.2 cm³/mol. The summed E-state index contributed by atoms with van der Waals surface area (Å²) in [5.41, 5.74) is 0.862. The highest BCUT2D eigenvalue weighted by molar-refractivity contribution is 6.13. The Kier molecular flexibility index (Phi) is 3.80. The number of nitrogens with one attached hydrogen (secondary N) is 1. The maximum absolute atomic E-state index is 11.9. The first-order valence-corrected chi connectivity index (χ1v) is 5.86. The summed E-state index contributed by atoms with van der Waals surface area (Å²) in [5.74, 6) is 0.200. The van der Waals surface area contributed by atoms with Crippen molar-refractivity contribution in [2.75, 3.05) is 18.4 Å². The van der Waals surface area contributed by atoms with Crippen LogP contribution < -0.4 is 5.32 Å². The van der Waals surface area contributed by atoms with Crippen molar-refractivity contribution in [3.8, 4) is 0 Å². The maximum Gasteiger partial charge on any atom is 0.227 e. The molecule has 0 spiro atoms. The second-order valence-corrected chi connectivity index (χ2v) is 4.52. The zero-order valence-electron chi connectivity index (χ0n) is 9.03. The van der Waals surface area contributed by atoms with Gasteiger partial charge in [0.2, 0.25) is 5.91 Å². The van der Waals surface area contributed by atoms with Gasteiger partial charge in [-0.15, -0.1) is 0 Å². The lowest BCUT2D eigenvalue weighted by molar-refractivity contribution is -0.120. The van der Waals surface area contributed by atoms with Gasteiger partial charge in [-0.25, -0.2) is 4.42 Å². The number of benzene rings is 1. The molecule has 1 saturated heterocycles. The van der Waals surface area contributed by atoms with E-state index in [2.05, 4.69) is 5.32 Å². The third-order valence-electron chi connectivity index (χ3n) is 2.85. The SMILES string of the molecule is O=C(Nc1ccccc1)C1CCN(Cl)CC1. The van der Waals surface area contributed by atoms with E-state index in [0.29, 0.717) is 0 Å². The number of hydrogen-bond acceptors (Lipinski definition) is 2. The number of carbonyl (C=O) groups is 1. The Bertz CT molecular complexity index is 347. The molecule has 1 aliphatic rings. The van der Waals surface area contributed by atoms with Crippen molar-refractivity contribution in [3.05, 3.63) is 30.3 Å². The highest BCUT2D eigenvalue weighted by Crippen LogP contribution is 2.20. The Hall–Kier alpha value is -1.06. The van der Waals surface area contributed by atoms with Crippen molar-refractivity contribution in [2.24, 2.45) is 5.92 Å². The first-order chi connectivity index (χ1) is 7.75. The van der Waals surface area contributed by atoms with Gasteiger partial charge in [0.1, 0.15) is 0 Å². The van der Waals surface area contributed by atoms with E-state index in [1.165, 1.54) is 0 Å². The summed E-state index contributed by atoms with van der Waals surface area (Å²) in [6.07, 6.45) is 1.67. The van der Waals surface area contributed by atoms with Gasteiger partial charge in [-0.2, -0.15) is 0 Å². The van der Waals surface area contributed by atoms with E-state index >= 15 is 0 Å². The smallest absolute Gasteiger partial charge is 0.227 e. The fraction of sp³-hybridized carbons (Fsp3) is 0.417. The minimum Gasteiger partial charge on any atom is -0.326 e. The molecule has 1 amide bonds. The average molecular weight is 239 g/mol. The number of piperidine rings is 1. The van der Waals surface area contributed by atoms with E-state index in [0.717, 1.165) is 31.6 Å². The second kappa shape index (κ2) is 5.32. The van der Waals surface area contributed by atoms with Gasteiger partial charge in [-0.1, -0.05) is 18.2 Å². The van der Waals surface area contributed by atoms with Gasteiger partial charge in [0, 0.05) is 24.7 Å². The molecule has 0 aliphatic carbocycles. The van der Waals surface area contributed by atoms with E-state index in [4.69, 9.17) is 11.8 Å². The van der Waals surface area contributed by atoms with Crippen LogP contribution in [-0.4, -0.2) is 23.4 Å². The molecule has 16 heavy (non-hydrogen) atoms. The lowest BCUT2D eigenvalue weighted by atomic mass is 9.97. The quantitative estimate of drug-likeness (QED) is 0.803. The fourth-order valence-corrected chi connectivity index (χ4v) is 2.07. The topological polar surface area (TPSA) is 32.3 Å². The first-order valence-electron chi connectivity index (χ1n) is 5.52. The third kappa shape index (κ3) is 2.97. The molecule has 1 aliphatic heterocycles. The van der Waals surface area contributed by atoms with E-state index in [1.807, 2.05) is 30.3 Å². The van der Waals surface area contributed by atoms with Crippen LogP contribution in [0.5, 0.6) is 0 Å². The van der Waals surface area contributed by atoms with Crippen LogP contribution >= 0.6 is 11.8 Å². The van der Waals surface area contributed by atoms with E-state index < -0.39 is 0 Å². The Balaban J connectivity index is 1.89.